The Morgan fingerprint density at radius 2 is 2.08 bits per heavy atom. The lowest BCUT2D eigenvalue weighted by molar-refractivity contribution is 0.122. The molecule has 1 aromatic heterocycles. The summed E-state index contributed by atoms with van der Waals surface area (Å²) >= 11 is 0. The van der Waals surface area contributed by atoms with Gasteiger partial charge in [-0.15, -0.1) is 0 Å². The Hall–Kier alpha value is -2.18. The molecule has 6 nitrogen and oxygen atoms in total. The molecule has 0 amide bonds. The first-order valence-electron chi connectivity index (χ1n) is 8.69. The van der Waals surface area contributed by atoms with Gasteiger partial charge < -0.3 is 30.4 Å². The molecule has 0 radical (unpaired) electrons. The van der Waals surface area contributed by atoms with Gasteiger partial charge in [-0.25, -0.2) is 0 Å². The molecule has 1 fully saturated rings. The van der Waals surface area contributed by atoms with Crippen LogP contribution in [-0.2, 0) is 18.2 Å². The van der Waals surface area contributed by atoms with Gasteiger partial charge in [-0.05, 0) is 38.1 Å². The third-order valence-electron chi connectivity index (χ3n) is 5.27. The third-order valence-corrected chi connectivity index (χ3v) is 5.27. The van der Waals surface area contributed by atoms with Crippen LogP contribution >= 0.6 is 0 Å². The lowest BCUT2D eigenvalue weighted by atomic mass is 10.00. The number of fused-ring (bicyclic) bond motifs is 1. The molecule has 1 aliphatic rings. The van der Waals surface area contributed by atoms with Gasteiger partial charge in [-0.2, -0.15) is 0 Å². The highest BCUT2D eigenvalue weighted by molar-refractivity contribution is 5.98. The number of rotatable bonds is 5. The lowest BCUT2D eigenvalue weighted by Gasteiger charge is -2.29. The van der Waals surface area contributed by atoms with Crippen LogP contribution in [0.4, 0.5) is 11.4 Å². The molecule has 1 aliphatic heterocycles. The maximum absolute atomic E-state index is 9.81. The Kier molecular flexibility index (Phi) is 4.92. The van der Waals surface area contributed by atoms with Gasteiger partial charge in [-0.1, -0.05) is 6.58 Å². The van der Waals surface area contributed by atoms with Crippen LogP contribution in [0.5, 0.6) is 0 Å². The molecule has 1 atom stereocenters. The summed E-state index contributed by atoms with van der Waals surface area (Å²) in [7, 11) is 3.89. The second-order valence-electron chi connectivity index (χ2n) is 6.69. The SMILES string of the molecule is C=C(O)C(Cc1c(C)n(C)c2cc(N3CCOCC3)cc(N)c12)NC. The number of morpholine rings is 1. The third kappa shape index (κ3) is 3.19. The zero-order valence-electron chi connectivity index (χ0n) is 15.3. The normalized spacial score (nSPS) is 16.4. The van der Waals surface area contributed by atoms with Crippen molar-refractivity contribution in [2.24, 2.45) is 7.05 Å². The van der Waals surface area contributed by atoms with Crippen LogP contribution in [0.15, 0.2) is 24.5 Å². The van der Waals surface area contributed by atoms with E-state index >= 15 is 0 Å². The fraction of sp³-hybridized carbons (Fsp3) is 0.474. The van der Waals surface area contributed by atoms with Crippen molar-refractivity contribution in [1.82, 2.24) is 9.88 Å². The number of aliphatic hydroxyl groups is 1. The number of aryl methyl sites for hydroxylation is 1. The van der Waals surface area contributed by atoms with Gasteiger partial charge in [0.2, 0.25) is 0 Å². The van der Waals surface area contributed by atoms with Gasteiger partial charge >= 0.3 is 0 Å². The molecule has 1 unspecified atom stereocenters. The van der Waals surface area contributed by atoms with E-state index in [4.69, 9.17) is 10.5 Å². The van der Waals surface area contributed by atoms with Crippen molar-refractivity contribution in [3.05, 3.63) is 35.7 Å². The number of aliphatic hydroxyl groups excluding tert-OH is 1. The van der Waals surface area contributed by atoms with E-state index in [0.29, 0.717) is 6.42 Å². The van der Waals surface area contributed by atoms with Crippen molar-refractivity contribution in [3.63, 3.8) is 0 Å². The van der Waals surface area contributed by atoms with Gasteiger partial charge in [0.25, 0.3) is 0 Å². The van der Waals surface area contributed by atoms with E-state index in [0.717, 1.165) is 59.8 Å². The molecule has 136 valence electrons. The van der Waals surface area contributed by atoms with Crippen LogP contribution in [-0.4, -0.2) is 49.1 Å². The maximum Gasteiger partial charge on any atom is 0.102 e. The minimum atomic E-state index is -0.192. The quantitative estimate of drug-likeness (QED) is 0.572. The van der Waals surface area contributed by atoms with Crippen LogP contribution in [0.25, 0.3) is 10.9 Å². The number of nitrogen functional groups attached to an aromatic ring is 1. The Labute approximate surface area is 148 Å². The second kappa shape index (κ2) is 6.98. The standard InChI is InChI=1S/C19H28N4O2/c1-12-15(11-17(21-3)13(2)24)19-16(20)9-14(10-18(19)22(12)4)23-5-7-25-8-6-23/h9-10,17,21,24H,2,5-8,11,20H2,1,3-4H3. The van der Waals surface area contributed by atoms with Gasteiger partial charge in [0.05, 0.1) is 24.8 Å². The van der Waals surface area contributed by atoms with Crippen molar-refractivity contribution in [2.75, 3.05) is 44.0 Å². The number of benzene rings is 1. The Balaban J connectivity index is 2.07. The van der Waals surface area contributed by atoms with E-state index in [9.17, 15) is 5.11 Å². The van der Waals surface area contributed by atoms with Crippen LogP contribution in [0.2, 0.25) is 0 Å². The molecule has 2 aromatic rings. The highest BCUT2D eigenvalue weighted by Gasteiger charge is 2.21. The predicted molar refractivity (Wildman–Crippen MR) is 103 cm³/mol. The molecule has 25 heavy (non-hydrogen) atoms. The minimum Gasteiger partial charge on any atom is -0.511 e. The summed E-state index contributed by atoms with van der Waals surface area (Å²) in [6.45, 7) is 9.03. The first-order chi connectivity index (χ1) is 11.9. The number of nitrogens with two attached hydrogens (primary N) is 1. The van der Waals surface area contributed by atoms with E-state index in [1.807, 2.05) is 7.05 Å². The van der Waals surface area contributed by atoms with E-state index < -0.39 is 0 Å². The number of ether oxygens (including phenoxy) is 1. The molecular weight excluding hydrogens is 316 g/mol. The van der Waals surface area contributed by atoms with E-state index in [1.165, 1.54) is 0 Å². The molecule has 0 aliphatic carbocycles. The Bertz CT molecular complexity index is 791. The number of aromatic nitrogens is 1. The average molecular weight is 344 g/mol. The van der Waals surface area contributed by atoms with Crippen molar-refractivity contribution >= 4 is 22.3 Å². The number of nitrogens with zero attached hydrogens (tertiary/aromatic N) is 2. The van der Waals surface area contributed by atoms with Gasteiger partial charge in [-0.3, -0.25) is 0 Å². The van der Waals surface area contributed by atoms with Crippen LogP contribution in [0, 0.1) is 6.92 Å². The number of likely N-dealkylation sites (N-methyl/N-ethyl adjacent to an activating group) is 1. The topological polar surface area (TPSA) is 75.7 Å². The number of nitrogens with one attached hydrogen (secondary N) is 1. The monoisotopic (exact) mass is 344 g/mol. The molecule has 2 heterocycles. The van der Waals surface area contributed by atoms with Gasteiger partial charge in [0, 0.05) is 42.6 Å². The molecular formula is C19H28N4O2. The molecule has 0 bridgehead atoms. The summed E-state index contributed by atoms with van der Waals surface area (Å²) in [4.78, 5) is 2.31. The molecule has 1 aromatic carbocycles. The van der Waals surface area contributed by atoms with Gasteiger partial charge in [0.1, 0.15) is 5.76 Å². The summed E-state index contributed by atoms with van der Waals surface area (Å²) in [5.74, 6) is 0.141. The first-order valence-corrected chi connectivity index (χ1v) is 8.69. The molecule has 0 spiro atoms. The average Bonchev–Trinajstić information content (AvgIpc) is 2.85. The first kappa shape index (κ1) is 17.6. The summed E-state index contributed by atoms with van der Waals surface area (Å²) in [6, 6.07) is 4.07. The fourth-order valence-electron chi connectivity index (χ4n) is 3.64. The van der Waals surface area contributed by atoms with Crippen molar-refractivity contribution in [1.29, 1.82) is 0 Å². The fourth-order valence-corrected chi connectivity index (χ4v) is 3.64. The van der Waals surface area contributed by atoms with Crippen LogP contribution in [0.1, 0.15) is 11.3 Å². The van der Waals surface area contributed by atoms with Gasteiger partial charge in [0.15, 0.2) is 0 Å². The summed E-state index contributed by atoms with van der Waals surface area (Å²) < 4.78 is 7.63. The summed E-state index contributed by atoms with van der Waals surface area (Å²) in [5, 5.41) is 14.0. The molecule has 0 saturated carbocycles. The second-order valence-corrected chi connectivity index (χ2v) is 6.69. The van der Waals surface area contributed by atoms with Crippen molar-refractivity contribution in [2.45, 2.75) is 19.4 Å². The van der Waals surface area contributed by atoms with Crippen molar-refractivity contribution in [3.8, 4) is 0 Å². The molecule has 1 saturated heterocycles. The Morgan fingerprint density at radius 1 is 1.40 bits per heavy atom. The van der Waals surface area contributed by atoms with Crippen LogP contribution in [0.3, 0.4) is 0 Å². The smallest absolute Gasteiger partial charge is 0.102 e. The number of hydrogen-bond donors (Lipinski definition) is 3. The largest absolute Gasteiger partial charge is 0.511 e. The number of hydrogen-bond acceptors (Lipinski definition) is 5. The lowest BCUT2D eigenvalue weighted by Crippen LogP contribution is -2.36. The molecule has 6 heteroatoms. The number of anilines is 2. The van der Waals surface area contributed by atoms with Crippen LogP contribution < -0.4 is 16.0 Å². The maximum atomic E-state index is 9.81. The highest BCUT2D eigenvalue weighted by Crippen LogP contribution is 2.35. The zero-order valence-corrected chi connectivity index (χ0v) is 15.3. The van der Waals surface area contributed by atoms with E-state index in [1.54, 1.807) is 0 Å². The van der Waals surface area contributed by atoms with Crippen molar-refractivity contribution < 1.29 is 9.84 Å². The predicted octanol–water partition coefficient (Wildman–Crippen LogP) is 2.11. The summed E-state index contributed by atoms with van der Waals surface area (Å²) in [5.41, 5.74) is 11.8. The highest BCUT2D eigenvalue weighted by atomic mass is 16.5. The van der Waals surface area contributed by atoms with E-state index in [-0.39, 0.29) is 11.8 Å². The minimum absolute atomic E-state index is 0.141. The molecule has 3 rings (SSSR count). The molecule has 4 N–H and O–H groups in total. The van der Waals surface area contributed by atoms with E-state index in [2.05, 4.69) is 47.5 Å². The summed E-state index contributed by atoms with van der Waals surface area (Å²) in [6.07, 6.45) is 0.649. The zero-order chi connectivity index (χ0) is 18.1. The Morgan fingerprint density at radius 3 is 2.68 bits per heavy atom.